The number of aromatic nitrogens is 2. The van der Waals surface area contributed by atoms with Crippen molar-refractivity contribution in [1.82, 2.24) is 15.1 Å². The van der Waals surface area contributed by atoms with Gasteiger partial charge in [-0.25, -0.2) is 9.07 Å². The molecule has 4 fully saturated rings. The van der Waals surface area contributed by atoms with Crippen molar-refractivity contribution in [3.05, 3.63) is 18.0 Å². The summed E-state index contributed by atoms with van der Waals surface area (Å²) in [6.07, 6.45) is 7.58. The van der Waals surface area contributed by atoms with Crippen LogP contribution in [0.2, 0.25) is 0 Å². The Morgan fingerprint density at radius 3 is 2.71 bits per heavy atom. The normalized spacial score (nSPS) is 40.5. The van der Waals surface area contributed by atoms with Crippen molar-refractivity contribution < 1.29 is 14.3 Å². The molecule has 4 bridgehead atoms. The van der Waals surface area contributed by atoms with Gasteiger partial charge in [-0.1, -0.05) is 0 Å². The summed E-state index contributed by atoms with van der Waals surface area (Å²) in [5.74, 6) is 1.19. The fraction of sp³-hybridized carbons (Fsp3) is 0.733. The zero-order valence-electron chi connectivity index (χ0n) is 11.8. The summed E-state index contributed by atoms with van der Waals surface area (Å²) < 4.78 is 13.6. The lowest BCUT2D eigenvalue weighted by molar-refractivity contribution is -0.136. The van der Waals surface area contributed by atoms with Crippen LogP contribution >= 0.6 is 0 Å². The Balaban J connectivity index is 1.49. The lowest BCUT2D eigenvalue weighted by Gasteiger charge is -2.58. The Hall–Kier alpha value is -1.43. The number of amides is 1. The molecule has 2 unspecified atom stereocenters. The maximum Gasteiger partial charge on any atom is 0.254 e. The smallest absolute Gasteiger partial charge is 0.254 e. The molecule has 4 saturated carbocycles. The summed E-state index contributed by atoms with van der Waals surface area (Å²) in [6.45, 7) is -0.726. The lowest BCUT2D eigenvalue weighted by atomic mass is 9.52. The molecule has 4 aliphatic carbocycles. The second-order valence-corrected chi connectivity index (χ2v) is 7.08. The molecule has 1 heterocycles. The molecular weight excluding hydrogens is 273 g/mol. The van der Waals surface area contributed by atoms with Gasteiger partial charge in [0, 0.05) is 12.2 Å². The van der Waals surface area contributed by atoms with Crippen LogP contribution in [0.1, 0.15) is 42.5 Å². The lowest BCUT2D eigenvalue weighted by Crippen LogP contribution is -2.61. The number of carbonyl (C=O) groups excluding carboxylic acids is 1. The van der Waals surface area contributed by atoms with Crippen LogP contribution in [0.3, 0.4) is 0 Å². The molecule has 5 rings (SSSR count). The van der Waals surface area contributed by atoms with Crippen LogP contribution in [-0.2, 0) is 6.80 Å². The monoisotopic (exact) mass is 293 g/mol. The van der Waals surface area contributed by atoms with Gasteiger partial charge in [-0.15, -0.1) is 0 Å². The molecule has 4 aliphatic rings. The second kappa shape index (κ2) is 4.53. The molecule has 5 nitrogen and oxygen atoms in total. The predicted octanol–water partition coefficient (Wildman–Crippen LogP) is 1.48. The topological polar surface area (TPSA) is 67.2 Å². The average Bonchev–Trinajstić information content (AvgIpc) is 2.89. The minimum Gasteiger partial charge on any atom is -0.390 e. The number of nitrogens with zero attached hydrogens (tertiary/aromatic N) is 2. The molecule has 2 N–H and O–H groups in total. The average molecular weight is 293 g/mol. The van der Waals surface area contributed by atoms with Gasteiger partial charge in [0.15, 0.2) is 6.80 Å². The number of halogens is 1. The first-order valence-electron chi connectivity index (χ1n) is 7.68. The summed E-state index contributed by atoms with van der Waals surface area (Å²) in [7, 11) is 0. The molecule has 114 valence electrons. The zero-order valence-corrected chi connectivity index (χ0v) is 11.8. The number of hydrogen-bond donors (Lipinski definition) is 2. The van der Waals surface area contributed by atoms with E-state index in [4.69, 9.17) is 0 Å². The quantitative estimate of drug-likeness (QED) is 0.887. The molecule has 2 atom stereocenters. The van der Waals surface area contributed by atoms with Gasteiger partial charge < -0.3 is 10.4 Å². The molecule has 1 aromatic heterocycles. The molecule has 1 aromatic rings. The van der Waals surface area contributed by atoms with E-state index in [0.717, 1.165) is 36.8 Å². The van der Waals surface area contributed by atoms with Gasteiger partial charge >= 0.3 is 0 Å². The number of rotatable bonds is 3. The third-order valence-electron chi connectivity index (χ3n) is 5.56. The van der Waals surface area contributed by atoms with Crippen LogP contribution in [0, 0.1) is 17.8 Å². The molecule has 0 radical (unpaired) electrons. The van der Waals surface area contributed by atoms with Gasteiger partial charge in [0.25, 0.3) is 5.91 Å². The van der Waals surface area contributed by atoms with E-state index in [9.17, 15) is 14.3 Å². The molecular formula is C15H20FN3O2. The van der Waals surface area contributed by atoms with Gasteiger partial charge in [-0.05, 0) is 49.9 Å². The highest BCUT2D eigenvalue weighted by Crippen LogP contribution is 2.55. The van der Waals surface area contributed by atoms with Crippen molar-refractivity contribution in [2.75, 3.05) is 0 Å². The highest BCUT2D eigenvalue weighted by atomic mass is 19.1. The van der Waals surface area contributed by atoms with Crippen LogP contribution in [-0.4, -0.2) is 32.4 Å². The Morgan fingerprint density at radius 1 is 1.43 bits per heavy atom. The predicted molar refractivity (Wildman–Crippen MR) is 73.1 cm³/mol. The zero-order chi connectivity index (χ0) is 14.6. The number of carbonyl (C=O) groups is 1. The Morgan fingerprint density at radius 2 is 2.14 bits per heavy atom. The van der Waals surface area contributed by atoms with Gasteiger partial charge in [-0.2, -0.15) is 5.10 Å². The third-order valence-corrected chi connectivity index (χ3v) is 5.56. The van der Waals surface area contributed by atoms with Crippen LogP contribution in [0.25, 0.3) is 0 Å². The fourth-order valence-corrected chi connectivity index (χ4v) is 5.00. The molecule has 0 aromatic carbocycles. The van der Waals surface area contributed by atoms with Crippen molar-refractivity contribution >= 4 is 5.91 Å². The summed E-state index contributed by atoms with van der Waals surface area (Å²) in [5.41, 5.74) is -0.0863. The largest absolute Gasteiger partial charge is 0.390 e. The fourth-order valence-electron chi connectivity index (χ4n) is 5.00. The van der Waals surface area contributed by atoms with E-state index < -0.39 is 12.4 Å². The molecule has 0 spiro atoms. The van der Waals surface area contributed by atoms with E-state index in [1.165, 1.54) is 12.4 Å². The Kier molecular flexibility index (Phi) is 2.86. The van der Waals surface area contributed by atoms with E-state index in [1.807, 2.05) is 0 Å². The summed E-state index contributed by atoms with van der Waals surface area (Å²) in [6, 6.07) is 0.142. The van der Waals surface area contributed by atoms with Crippen molar-refractivity contribution in [2.24, 2.45) is 17.8 Å². The van der Waals surface area contributed by atoms with E-state index in [-0.39, 0.29) is 11.9 Å². The molecule has 0 saturated heterocycles. The van der Waals surface area contributed by atoms with Crippen molar-refractivity contribution in [3.63, 3.8) is 0 Å². The van der Waals surface area contributed by atoms with E-state index in [0.29, 0.717) is 23.3 Å². The Labute approximate surface area is 122 Å². The van der Waals surface area contributed by atoms with Gasteiger partial charge in [-0.3, -0.25) is 4.79 Å². The third kappa shape index (κ3) is 2.16. The Bertz CT molecular complexity index is 557. The summed E-state index contributed by atoms with van der Waals surface area (Å²) in [4.78, 5) is 12.3. The van der Waals surface area contributed by atoms with Crippen LogP contribution in [0.5, 0.6) is 0 Å². The van der Waals surface area contributed by atoms with Crippen molar-refractivity contribution in [2.45, 2.75) is 50.5 Å². The van der Waals surface area contributed by atoms with Crippen LogP contribution in [0.15, 0.2) is 12.4 Å². The summed E-state index contributed by atoms with van der Waals surface area (Å²) >= 11 is 0. The SMILES string of the molecule is O=C(NC1C2CC3CC1CC(O)(C3)C2)c1cnn(CF)c1. The van der Waals surface area contributed by atoms with E-state index in [1.54, 1.807) is 0 Å². The first-order chi connectivity index (χ1) is 10.1. The molecule has 0 aliphatic heterocycles. The van der Waals surface area contributed by atoms with Crippen LogP contribution < -0.4 is 5.32 Å². The maximum absolute atomic E-state index is 12.5. The molecule has 1 amide bonds. The number of alkyl halides is 1. The van der Waals surface area contributed by atoms with E-state index >= 15 is 0 Å². The minimum absolute atomic E-state index is 0.142. The standard InChI is InChI=1S/C15H20FN3O2/c16-8-19-7-12(6-17-19)14(20)18-13-10-1-9-2-11(13)5-15(21,3-9)4-10/h6-7,9-11,13,21H,1-5,8H2,(H,18,20). The number of hydrogen-bond acceptors (Lipinski definition) is 3. The van der Waals surface area contributed by atoms with Crippen molar-refractivity contribution in [1.29, 1.82) is 0 Å². The highest BCUT2D eigenvalue weighted by molar-refractivity contribution is 5.93. The summed E-state index contributed by atoms with van der Waals surface area (Å²) in [5, 5.41) is 17.4. The first-order valence-corrected chi connectivity index (χ1v) is 7.68. The van der Waals surface area contributed by atoms with E-state index in [2.05, 4.69) is 10.4 Å². The van der Waals surface area contributed by atoms with Gasteiger partial charge in [0.1, 0.15) is 0 Å². The maximum atomic E-state index is 12.5. The van der Waals surface area contributed by atoms with Gasteiger partial charge in [0.05, 0.1) is 17.4 Å². The van der Waals surface area contributed by atoms with Crippen molar-refractivity contribution in [3.8, 4) is 0 Å². The number of nitrogens with one attached hydrogen (secondary N) is 1. The molecule has 6 heteroatoms. The van der Waals surface area contributed by atoms with Crippen LogP contribution in [0.4, 0.5) is 4.39 Å². The molecule has 21 heavy (non-hydrogen) atoms. The second-order valence-electron chi connectivity index (χ2n) is 7.08. The van der Waals surface area contributed by atoms with Gasteiger partial charge in [0.2, 0.25) is 0 Å². The highest BCUT2D eigenvalue weighted by Gasteiger charge is 2.55. The number of aliphatic hydroxyl groups is 1. The first kappa shape index (κ1) is 13.2. The minimum atomic E-state index is -0.726.